The maximum atomic E-state index is 11.9. The first-order chi connectivity index (χ1) is 11.7. The second kappa shape index (κ2) is 7.21. The van der Waals surface area contributed by atoms with E-state index in [1.807, 2.05) is 5.59 Å². The highest BCUT2D eigenvalue weighted by Crippen LogP contribution is 2.28. The summed E-state index contributed by atoms with van der Waals surface area (Å²) in [6.07, 6.45) is 0. The molecule has 0 aliphatic heterocycles. The van der Waals surface area contributed by atoms with Crippen molar-refractivity contribution in [2.24, 2.45) is 0 Å². The second-order valence-electron chi connectivity index (χ2n) is 4.79. The highest BCUT2D eigenvalue weighted by molar-refractivity contribution is 7.86. The predicted octanol–water partition coefficient (Wildman–Crippen LogP) is 2.05. The molecule has 0 aliphatic carbocycles. The number of anilines is 1. The van der Waals surface area contributed by atoms with Gasteiger partial charge in [-0.25, -0.2) is 0 Å². The van der Waals surface area contributed by atoms with Crippen LogP contribution in [-0.2, 0) is 14.4 Å². The third-order valence-electron chi connectivity index (χ3n) is 3.04. The van der Waals surface area contributed by atoms with E-state index in [9.17, 15) is 28.6 Å². The molecule has 25 heavy (non-hydrogen) atoms. The van der Waals surface area contributed by atoms with Gasteiger partial charge >= 0.3 is 15.8 Å². The van der Waals surface area contributed by atoms with Crippen LogP contribution in [0.3, 0.4) is 0 Å². The van der Waals surface area contributed by atoms with Gasteiger partial charge in [0.25, 0.3) is 5.69 Å². The number of hydrogen-bond donors (Lipinski definition) is 2. The SMILES string of the molecule is Cc1ccc(S(=O)(=O)ONNc2ccc([N+](=O)[O-])cc2[N+](=O)[O-])cc1. The lowest BCUT2D eigenvalue weighted by Gasteiger charge is -2.09. The number of rotatable bonds is 7. The third kappa shape index (κ3) is 4.47. The Morgan fingerprint density at radius 2 is 1.64 bits per heavy atom. The summed E-state index contributed by atoms with van der Waals surface area (Å²) in [4.78, 5) is 19.9. The minimum Gasteiger partial charge on any atom is -0.291 e. The standard InChI is InChI=1S/C13H12N4O7S/c1-9-2-5-11(6-3-9)25(22,23)24-15-14-12-7-4-10(16(18)19)8-13(12)17(20)21/h2-8,14-15H,1H3. The monoisotopic (exact) mass is 368 g/mol. The van der Waals surface area contributed by atoms with E-state index in [0.717, 1.165) is 23.8 Å². The van der Waals surface area contributed by atoms with Crippen molar-refractivity contribution >= 4 is 27.2 Å². The van der Waals surface area contributed by atoms with Gasteiger partial charge in [-0.2, -0.15) is 12.7 Å². The Morgan fingerprint density at radius 3 is 2.20 bits per heavy atom. The minimum atomic E-state index is -4.15. The summed E-state index contributed by atoms with van der Waals surface area (Å²) in [5.74, 6) is 0. The van der Waals surface area contributed by atoms with Crippen LogP contribution in [0.1, 0.15) is 5.56 Å². The van der Waals surface area contributed by atoms with Gasteiger partial charge < -0.3 is 0 Å². The van der Waals surface area contributed by atoms with Gasteiger partial charge in [-0.15, -0.1) is 0 Å². The number of nitro benzene ring substituents is 2. The molecule has 0 radical (unpaired) electrons. The van der Waals surface area contributed by atoms with Crippen LogP contribution in [0, 0.1) is 27.2 Å². The summed E-state index contributed by atoms with van der Waals surface area (Å²) in [5, 5.41) is 21.6. The van der Waals surface area contributed by atoms with Crippen LogP contribution in [0.25, 0.3) is 0 Å². The summed E-state index contributed by atoms with van der Waals surface area (Å²) in [7, 11) is -4.15. The van der Waals surface area contributed by atoms with E-state index < -0.39 is 31.3 Å². The normalized spacial score (nSPS) is 11.1. The molecule has 11 nitrogen and oxygen atoms in total. The second-order valence-corrected chi connectivity index (χ2v) is 6.34. The summed E-state index contributed by atoms with van der Waals surface area (Å²) < 4.78 is 28.4. The van der Waals surface area contributed by atoms with Gasteiger partial charge in [-0.1, -0.05) is 23.3 Å². The van der Waals surface area contributed by atoms with Gasteiger partial charge in [0, 0.05) is 6.07 Å². The fraction of sp³-hybridized carbons (Fsp3) is 0.0769. The maximum Gasteiger partial charge on any atom is 0.314 e. The molecule has 0 aliphatic rings. The summed E-state index contributed by atoms with van der Waals surface area (Å²) in [5.41, 5.74) is 3.60. The van der Waals surface area contributed by atoms with Crippen LogP contribution in [0.15, 0.2) is 47.4 Å². The molecular weight excluding hydrogens is 356 g/mol. The average Bonchev–Trinajstić information content (AvgIpc) is 2.55. The quantitative estimate of drug-likeness (QED) is 0.552. The molecule has 0 spiro atoms. The number of nitrogens with one attached hydrogen (secondary N) is 2. The minimum absolute atomic E-state index is 0.120. The lowest BCUT2D eigenvalue weighted by Crippen LogP contribution is -2.26. The summed E-state index contributed by atoms with van der Waals surface area (Å²) in [6.45, 7) is 1.78. The molecule has 0 atom stereocenters. The molecule has 0 fully saturated rings. The molecule has 2 N–H and O–H groups in total. The van der Waals surface area contributed by atoms with E-state index in [1.165, 1.54) is 12.1 Å². The molecule has 2 aromatic rings. The van der Waals surface area contributed by atoms with Crippen molar-refractivity contribution in [1.29, 1.82) is 0 Å². The molecule has 0 saturated carbocycles. The predicted molar refractivity (Wildman–Crippen MR) is 86.0 cm³/mol. The van der Waals surface area contributed by atoms with Gasteiger partial charge in [0.2, 0.25) is 0 Å². The number of nitrogens with zero attached hydrogens (tertiary/aromatic N) is 2. The number of nitro groups is 2. The Labute approximate surface area is 141 Å². The van der Waals surface area contributed by atoms with Crippen molar-refractivity contribution in [2.75, 3.05) is 5.43 Å². The Kier molecular flexibility index (Phi) is 5.26. The molecule has 0 heterocycles. The molecule has 2 aromatic carbocycles. The molecule has 0 aromatic heterocycles. The number of aryl methyl sites for hydroxylation is 1. The number of hydrazine groups is 1. The van der Waals surface area contributed by atoms with Gasteiger partial charge in [0.15, 0.2) is 0 Å². The van der Waals surface area contributed by atoms with E-state index in [0.29, 0.717) is 0 Å². The van der Waals surface area contributed by atoms with Gasteiger partial charge in [-0.3, -0.25) is 25.7 Å². The van der Waals surface area contributed by atoms with Crippen LogP contribution >= 0.6 is 0 Å². The third-order valence-corrected chi connectivity index (χ3v) is 4.19. The van der Waals surface area contributed by atoms with Crippen molar-refractivity contribution in [3.8, 4) is 0 Å². The molecule has 0 bridgehead atoms. The maximum absolute atomic E-state index is 11.9. The Hall–Kier alpha value is -3.09. The number of non-ortho nitro benzene ring substituents is 1. The van der Waals surface area contributed by atoms with Crippen molar-refractivity contribution in [1.82, 2.24) is 5.59 Å². The Balaban J connectivity index is 2.12. The fourth-order valence-electron chi connectivity index (χ4n) is 1.77. The molecule has 2 rings (SSSR count). The van der Waals surface area contributed by atoms with Crippen LogP contribution in [0.4, 0.5) is 17.1 Å². The largest absolute Gasteiger partial charge is 0.314 e. The van der Waals surface area contributed by atoms with Gasteiger partial charge in [0.05, 0.1) is 20.8 Å². The van der Waals surface area contributed by atoms with Crippen molar-refractivity contribution in [3.05, 3.63) is 68.3 Å². The zero-order chi connectivity index (χ0) is 18.6. The number of hydrogen-bond acceptors (Lipinski definition) is 9. The fourth-order valence-corrected chi connectivity index (χ4v) is 2.49. The molecule has 132 valence electrons. The lowest BCUT2D eigenvalue weighted by atomic mass is 10.2. The van der Waals surface area contributed by atoms with E-state index >= 15 is 0 Å². The van der Waals surface area contributed by atoms with Crippen LogP contribution in [0.5, 0.6) is 0 Å². The zero-order valence-corrected chi connectivity index (χ0v) is 13.5. The smallest absolute Gasteiger partial charge is 0.291 e. The average molecular weight is 368 g/mol. The Morgan fingerprint density at radius 1 is 1.00 bits per heavy atom. The van der Waals surface area contributed by atoms with E-state index in [-0.39, 0.29) is 10.6 Å². The van der Waals surface area contributed by atoms with Crippen LogP contribution in [-0.4, -0.2) is 18.3 Å². The van der Waals surface area contributed by atoms with Gasteiger partial charge in [0.1, 0.15) is 5.69 Å². The first kappa shape index (κ1) is 18.3. The summed E-state index contributed by atoms with van der Waals surface area (Å²) in [6, 6.07) is 8.62. The molecule has 12 heteroatoms. The number of benzene rings is 2. The molecule has 0 saturated heterocycles. The van der Waals surface area contributed by atoms with E-state index in [1.54, 1.807) is 19.1 Å². The van der Waals surface area contributed by atoms with E-state index in [4.69, 9.17) is 0 Å². The van der Waals surface area contributed by atoms with Crippen molar-refractivity contribution in [3.63, 3.8) is 0 Å². The van der Waals surface area contributed by atoms with Crippen LogP contribution in [0.2, 0.25) is 0 Å². The molecular formula is C13H12N4O7S. The highest BCUT2D eigenvalue weighted by Gasteiger charge is 2.20. The topological polar surface area (TPSA) is 154 Å². The first-order valence-electron chi connectivity index (χ1n) is 6.65. The Bertz CT molecular complexity index is 912. The van der Waals surface area contributed by atoms with E-state index in [2.05, 4.69) is 9.71 Å². The van der Waals surface area contributed by atoms with Crippen molar-refractivity contribution in [2.45, 2.75) is 11.8 Å². The zero-order valence-electron chi connectivity index (χ0n) is 12.7. The molecule has 0 amide bonds. The summed E-state index contributed by atoms with van der Waals surface area (Å²) >= 11 is 0. The lowest BCUT2D eigenvalue weighted by molar-refractivity contribution is -0.393. The van der Waals surface area contributed by atoms with Gasteiger partial charge in [-0.05, 0) is 25.1 Å². The van der Waals surface area contributed by atoms with Crippen LogP contribution < -0.4 is 11.0 Å². The first-order valence-corrected chi connectivity index (χ1v) is 8.05. The molecule has 0 unspecified atom stereocenters. The highest BCUT2D eigenvalue weighted by atomic mass is 32.2. The van der Waals surface area contributed by atoms with Crippen molar-refractivity contribution < 1.29 is 22.5 Å².